The molecule has 0 amide bonds. The Morgan fingerprint density at radius 2 is 0.750 bits per heavy atom. The van der Waals surface area contributed by atoms with E-state index in [4.69, 9.17) is 0 Å². The first kappa shape index (κ1) is 21.6. The number of hydrogen-bond donors (Lipinski definition) is 0. The Bertz CT molecular complexity index is 405. The van der Waals surface area contributed by atoms with Gasteiger partial charge in [-0.25, -0.2) is 0 Å². The lowest BCUT2D eigenvalue weighted by Gasteiger charge is -2.18. The molecule has 0 heterocycles. The molecule has 0 atom stereocenters. The van der Waals surface area contributed by atoms with E-state index in [0.717, 1.165) is 0 Å². The second-order valence-electron chi connectivity index (χ2n) is 4.28. The molecule has 0 spiro atoms. The highest BCUT2D eigenvalue weighted by atomic mass is 16.6. The molecule has 0 unspecified atom stereocenters. The molecular weight excluding hydrogens is 324 g/mol. The Labute approximate surface area is 139 Å². The van der Waals surface area contributed by atoms with E-state index in [0.29, 0.717) is 0 Å². The second-order valence-corrected chi connectivity index (χ2v) is 4.28. The van der Waals surface area contributed by atoms with Gasteiger partial charge in [-0.1, -0.05) is 0 Å². The maximum absolute atomic E-state index is 12.5. The van der Waals surface area contributed by atoms with Crippen molar-refractivity contribution in [1.82, 2.24) is 0 Å². The highest BCUT2D eigenvalue weighted by Gasteiger charge is 2.47. The Hall–Kier alpha value is -2.45. The molecule has 0 aliphatic heterocycles. The topological polar surface area (TPSA) is 122 Å². The molecule has 0 rings (SSSR count). The minimum atomic E-state index is -2.07. The molecule has 0 bridgehead atoms. The van der Waals surface area contributed by atoms with Crippen molar-refractivity contribution >= 4 is 29.7 Å². The lowest BCUT2D eigenvalue weighted by Crippen LogP contribution is -2.45. The van der Waals surface area contributed by atoms with Gasteiger partial charge in [0.2, 0.25) is 11.8 Å². The monoisotopic (exact) mass is 346 g/mol. The number of ether oxygens (including phenoxy) is 4. The predicted molar refractivity (Wildman–Crippen MR) is 78.5 cm³/mol. The number of carbonyl (C=O) groups is 5. The minimum Gasteiger partial charge on any atom is -0.465 e. The van der Waals surface area contributed by atoms with Gasteiger partial charge in [0.15, 0.2) is 5.78 Å². The highest BCUT2D eigenvalue weighted by Crippen LogP contribution is 2.16. The van der Waals surface area contributed by atoms with Gasteiger partial charge in [0.1, 0.15) is 0 Å². The normalized spacial score (nSPS) is 10.2. The molecule has 0 saturated carbocycles. The number of rotatable bonds is 10. The average Bonchev–Trinajstić information content (AvgIpc) is 2.48. The molecule has 0 aromatic heterocycles. The van der Waals surface area contributed by atoms with Crippen molar-refractivity contribution in [2.24, 2.45) is 11.8 Å². The Balaban J connectivity index is 5.69. The van der Waals surface area contributed by atoms with Crippen LogP contribution in [0, 0.1) is 11.8 Å². The van der Waals surface area contributed by atoms with E-state index in [1.807, 2.05) is 0 Å². The summed E-state index contributed by atoms with van der Waals surface area (Å²) in [4.78, 5) is 60.2. The quantitative estimate of drug-likeness (QED) is 0.306. The molecule has 24 heavy (non-hydrogen) atoms. The van der Waals surface area contributed by atoms with Gasteiger partial charge in [0.25, 0.3) is 0 Å². The fourth-order valence-electron chi connectivity index (χ4n) is 1.73. The van der Waals surface area contributed by atoms with Crippen LogP contribution in [0.1, 0.15) is 27.7 Å². The molecule has 0 saturated heterocycles. The largest absolute Gasteiger partial charge is 0.465 e. The van der Waals surface area contributed by atoms with Crippen LogP contribution in [0.15, 0.2) is 0 Å². The van der Waals surface area contributed by atoms with Crippen LogP contribution in [0.4, 0.5) is 0 Å². The van der Waals surface area contributed by atoms with E-state index in [9.17, 15) is 24.0 Å². The zero-order valence-electron chi connectivity index (χ0n) is 14.2. The first-order chi connectivity index (χ1) is 11.3. The summed E-state index contributed by atoms with van der Waals surface area (Å²) < 4.78 is 18.6. The molecule has 136 valence electrons. The summed E-state index contributed by atoms with van der Waals surface area (Å²) in [7, 11) is 0. The predicted octanol–water partition coefficient (Wildman–Crippen LogP) is 0.0403. The van der Waals surface area contributed by atoms with E-state index < -0.39 is 41.5 Å². The van der Waals surface area contributed by atoms with Crippen molar-refractivity contribution in [1.29, 1.82) is 0 Å². The molecule has 0 aromatic rings. The van der Waals surface area contributed by atoms with Crippen LogP contribution in [0.3, 0.4) is 0 Å². The molecule has 0 aliphatic rings. The third kappa shape index (κ3) is 5.98. The Morgan fingerprint density at radius 3 is 0.917 bits per heavy atom. The number of Topliss-reactive ketones (excluding diaryl/α,β-unsaturated/α-hetero) is 1. The van der Waals surface area contributed by atoms with Gasteiger partial charge in [-0.05, 0) is 27.7 Å². The Morgan fingerprint density at radius 1 is 0.542 bits per heavy atom. The van der Waals surface area contributed by atoms with E-state index in [1.165, 1.54) is 27.7 Å². The van der Waals surface area contributed by atoms with Crippen molar-refractivity contribution in [2.75, 3.05) is 26.4 Å². The van der Waals surface area contributed by atoms with E-state index >= 15 is 0 Å². The van der Waals surface area contributed by atoms with Crippen molar-refractivity contribution in [3.8, 4) is 0 Å². The van der Waals surface area contributed by atoms with Gasteiger partial charge in [-0.15, -0.1) is 0 Å². The molecule has 0 fully saturated rings. The number of ketones is 1. The van der Waals surface area contributed by atoms with Crippen LogP contribution in [-0.4, -0.2) is 56.1 Å². The average molecular weight is 346 g/mol. The smallest absolute Gasteiger partial charge is 0.328 e. The standard InChI is InChI=1S/C15H22O9/c1-5-21-12(17)9(13(18)22-6-2)11(16)10(14(19)23-7-3)15(20)24-8-4/h9-10H,5-8H2,1-4H3. The van der Waals surface area contributed by atoms with Crippen LogP contribution in [0.2, 0.25) is 0 Å². The van der Waals surface area contributed by atoms with E-state index in [1.54, 1.807) is 0 Å². The molecule has 0 N–H and O–H groups in total. The molecule has 0 aromatic carbocycles. The van der Waals surface area contributed by atoms with Crippen molar-refractivity contribution in [3.63, 3.8) is 0 Å². The third-order valence-corrected chi connectivity index (χ3v) is 2.66. The number of esters is 4. The highest BCUT2D eigenvalue weighted by molar-refractivity contribution is 6.26. The van der Waals surface area contributed by atoms with Crippen LogP contribution in [0.25, 0.3) is 0 Å². The first-order valence-electron chi connectivity index (χ1n) is 7.55. The van der Waals surface area contributed by atoms with Gasteiger partial charge in [-0.3, -0.25) is 24.0 Å². The summed E-state index contributed by atoms with van der Waals surface area (Å²) in [5, 5.41) is 0. The van der Waals surface area contributed by atoms with Crippen LogP contribution >= 0.6 is 0 Å². The fraction of sp³-hybridized carbons (Fsp3) is 0.667. The molecule has 0 radical (unpaired) electrons. The van der Waals surface area contributed by atoms with Crippen LogP contribution in [0.5, 0.6) is 0 Å². The number of hydrogen-bond acceptors (Lipinski definition) is 9. The molecule has 9 heteroatoms. The minimum absolute atomic E-state index is 0.106. The summed E-state index contributed by atoms with van der Waals surface area (Å²) in [6.07, 6.45) is 0. The first-order valence-corrected chi connectivity index (χ1v) is 7.55. The maximum Gasteiger partial charge on any atom is 0.328 e. The maximum atomic E-state index is 12.5. The van der Waals surface area contributed by atoms with Gasteiger partial charge >= 0.3 is 23.9 Å². The van der Waals surface area contributed by atoms with Crippen LogP contribution in [-0.2, 0) is 42.9 Å². The zero-order chi connectivity index (χ0) is 18.7. The SMILES string of the molecule is CCOC(=O)C(C(=O)OCC)C(=O)C(C(=O)OCC)C(=O)OCC. The van der Waals surface area contributed by atoms with Gasteiger partial charge in [0, 0.05) is 0 Å². The van der Waals surface area contributed by atoms with Crippen LogP contribution < -0.4 is 0 Å². The van der Waals surface area contributed by atoms with Gasteiger partial charge in [-0.2, -0.15) is 0 Å². The summed E-state index contributed by atoms with van der Waals surface area (Å²) in [6.45, 7) is 5.46. The third-order valence-electron chi connectivity index (χ3n) is 2.66. The molecular formula is C15H22O9. The zero-order valence-corrected chi connectivity index (χ0v) is 14.2. The Kier molecular flexibility index (Phi) is 10.0. The summed E-state index contributed by atoms with van der Waals surface area (Å²) in [5.74, 6) is -10.3. The molecule has 9 nitrogen and oxygen atoms in total. The summed E-state index contributed by atoms with van der Waals surface area (Å²) in [5.41, 5.74) is 0. The lowest BCUT2D eigenvalue weighted by atomic mass is 9.92. The van der Waals surface area contributed by atoms with E-state index in [-0.39, 0.29) is 26.4 Å². The summed E-state index contributed by atoms with van der Waals surface area (Å²) in [6, 6.07) is 0. The van der Waals surface area contributed by atoms with Gasteiger partial charge in [0.05, 0.1) is 26.4 Å². The van der Waals surface area contributed by atoms with Crippen molar-refractivity contribution in [2.45, 2.75) is 27.7 Å². The molecule has 0 aliphatic carbocycles. The summed E-state index contributed by atoms with van der Waals surface area (Å²) >= 11 is 0. The van der Waals surface area contributed by atoms with E-state index in [2.05, 4.69) is 18.9 Å². The lowest BCUT2D eigenvalue weighted by molar-refractivity contribution is -0.169. The van der Waals surface area contributed by atoms with Crippen molar-refractivity contribution in [3.05, 3.63) is 0 Å². The fourth-order valence-corrected chi connectivity index (χ4v) is 1.73. The van der Waals surface area contributed by atoms with Gasteiger partial charge < -0.3 is 18.9 Å². The number of carbonyl (C=O) groups excluding carboxylic acids is 5. The van der Waals surface area contributed by atoms with Crippen molar-refractivity contribution < 1.29 is 42.9 Å². The second kappa shape index (κ2) is 11.1.